The van der Waals surface area contributed by atoms with Gasteiger partial charge in [0.15, 0.2) is 0 Å². The third-order valence-corrected chi connectivity index (χ3v) is 4.93. The minimum Gasteiger partial charge on any atom is -0.507 e. The van der Waals surface area contributed by atoms with E-state index in [0.717, 1.165) is 17.5 Å². The molecule has 2 aromatic rings. The van der Waals surface area contributed by atoms with Crippen molar-refractivity contribution in [2.75, 3.05) is 0 Å². The molecule has 0 amide bonds. The zero-order valence-electron chi connectivity index (χ0n) is 13.3. The van der Waals surface area contributed by atoms with Gasteiger partial charge in [-0.15, -0.1) is 0 Å². The van der Waals surface area contributed by atoms with Crippen LogP contribution < -0.4 is 0 Å². The molecule has 0 unspecified atom stereocenters. The van der Waals surface area contributed by atoms with Crippen LogP contribution in [0.4, 0.5) is 4.39 Å². The van der Waals surface area contributed by atoms with Gasteiger partial charge in [-0.1, -0.05) is 39.3 Å². The van der Waals surface area contributed by atoms with Crippen LogP contribution in [0.5, 0.6) is 5.75 Å². The Balaban J connectivity index is 2.27. The molecule has 116 valence electrons. The van der Waals surface area contributed by atoms with Gasteiger partial charge in [0.1, 0.15) is 11.6 Å². The third-order valence-electron chi connectivity index (χ3n) is 4.70. The van der Waals surface area contributed by atoms with Crippen molar-refractivity contribution in [3.8, 4) is 16.9 Å². The smallest absolute Gasteiger partial charge is 0.131 e. The first-order valence-corrected chi connectivity index (χ1v) is 7.83. The van der Waals surface area contributed by atoms with Crippen molar-refractivity contribution in [3.05, 3.63) is 52.3 Å². The Hall–Kier alpha value is -1.54. The topological polar surface area (TPSA) is 20.2 Å². The second-order valence-electron chi connectivity index (χ2n) is 7.48. The highest BCUT2D eigenvalue weighted by atomic mass is 35.5. The fraction of sp³-hybridized carbons (Fsp3) is 0.368. The summed E-state index contributed by atoms with van der Waals surface area (Å²) >= 11 is 6.00. The highest BCUT2D eigenvalue weighted by Crippen LogP contribution is 2.51. The van der Waals surface area contributed by atoms with Gasteiger partial charge in [-0.2, -0.15) is 0 Å². The van der Waals surface area contributed by atoms with E-state index in [1.54, 1.807) is 18.2 Å². The molecule has 1 aliphatic carbocycles. The van der Waals surface area contributed by atoms with Crippen LogP contribution in [0.1, 0.15) is 45.2 Å². The zero-order valence-corrected chi connectivity index (χ0v) is 14.1. The molecule has 0 saturated heterocycles. The number of phenolic OH excluding ortho intramolecular Hbond substituents is 1. The molecule has 3 rings (SSSR count). The molecule has 0 aliphatic heterocycles. The Kier molecular flexibility index (Phi) is 3.30. The van der Waals surface area contributed by atoms with Gasteiger partial charge >= 0.3 is 0 Å². The average molecular weight is 319 g/mol. The molecule has 1 N–H and O–H groups in total. The molecule has 0 fully saturated rings. The number of aromatic hydroxyl groups is 1. The number of hydrogen-bond donors (Lipinski definition) is 1. The van der Waals surface area contributed by atoms with E-state index >= 15 is 0 Å². The van der Waals surface area contributed by atoms with Crippen molar-refractivity contribution < 1.29 is 9.50 Å². The normalized spacial score (nSPS) is 18.3. The minimum absolute atomic E-state index is 0.0184. The van der Waals surface area contributed by atoms with E-state index < -0.39 is 0 Å². The fourth-order valence-electron chi connectivity index (χ4n) is 3.92. The number of hydrogen-bond acceptors (Lipinski definition) is 1. The molecular weight excluding hydrogens is 299 g/mol. The van der Waals surface area contributed by atoms with Gasteiger partial charge in [0.25, 0.3) is 0 Å². The van der Waals surface area contributed by atoms with Crippen molar-refractivity contribution in [3.63, 3.8) is 0 Å². The summed E-state index contributed by atoms with van der Waals surface area (Å²) in [5, 5.41) is 10.5. The number of benzene rings is 2. The van der Waals surface area contributed by atoms with Crippen molar-refractivity contribution >= 4 is 11.6 Å². The summed E-state index contributed by atoms with van der Waals surface area (Å²) in [6.07, 6.45) is 0.972. The quantitative estimate of drug-likeness (QED) is 0.703. The summed E-state index contributed by atoms with van der Waals surface area (Å²) in [7, 11) is 0. The summed E-state index contributed by atoms with van der Waals surface area (Å²) < 4.78 is 14.7. The second kappa shape index (κ2) is 4.73. The van der Waals surface area contributed by atoms with Crippen molar-refractivity contribution in [2.24, 2.45) is 0 Å². The first-order valence-electron chi connectivity index (χ1n) is 7.45. The van der Waals surface area contributed by atoms with E-state index in [-0.39, 0.29) is 22.4 Å². The minimum atomic E-state index is -0.318. The highest BCUT2D eigenvalue weighted by Gasteiger charge is 2.42. The molecule has 0 saturated carbocycles. The van der Waals surface area contributed by atoms with E-state index in [0.29, 0.717) is 16.1 Å². The van der Waals surface area contributed by atoms with Crippen LogP contribution >= 0.6 is 11.6 Å². The summed E-state index contributed by atoms with van der Waals surface area (Å²) in [5.41, 5.74) is 2.98. The summed E-state index contributed by atoms with van der Waals surface area (Å²) in [4.78, 5) is 0. The largest absolute Gasteiger partial charge is 0.507 e. The SMILES string of the molecule is CC1(C)CC(C)(C)c2cc(-c3cc(Cl)ccc3O)c(F)cc21. The lowest BCUT2D eigenvalue weighted by molar-refractivity contribution is 0.403. The van der Waals surface area contributed by atoms with Gasteiger partial charge < -0.3 is 5.11 Å². The summed E-state index contributed by atoms with van der Waals surface area (Å²) in [6.45, 7) is 8.66. The van der Waals surface area contributed by atoms with Crippen LogP contribution in [0, 0.1) is 5.82 Å². The third kappa shape index (κ3) is 2.30. The maximum atomic E-state index is 14.7. The first-order chi connectivity index (χ1) is 10.1. The Bertz CT molecular complexity index is 762. The van der Waals surface area contributed by atoms with Gasteiger partial charge in [0.05, 0.1) is 0 Å². The maximum Gasteiger partial charge on any atom is 0.131 e. The number of phenols is 1. The molecule has 0 bridgehead atoms. The monoisotopic (exact) mass is 318 g/mol. The average Bonchev–Trinajstić information content (AvgIpc) is 2.57. The molecule has 0 spiro atoms. The zero-order chi connectivity index (χ0) is 16.3. The molecule has 1 aliphatic rings. The predicted octanol–water partition coefficient (Wildman–Crippen LogP) is 5.81. The van der Waals surface area contributed by atoms with Crippen molar-refractivity contribution in [1.82, 2.24) is 0 Å². The second-order valence-corrected chi connectivity index (χ2v) is 7.92. The van der Waals surface area contributed by atoms with Crippen LogP contribution in [0.25, 0.3) is 11.1 Å². The van der Waals surface area contributed by atoms with Crippen LogP contribution in [-0.4, -0.2) is 5.11 Å². The molecule has 0 aromatic heterocycles. The summed E-state index contributed by atoms with van der Waals surface area (Å²) in [5.74, 6) is -0.277. The Labute approximate surface area is 135 Å². The van der Waals surface area contributed by atoms with Gasteiger partial charge in [-0.05, 0) is 58.7 Å². The lowest BCUT2D eigenvalue weighted by Crippen LogP contribution is -2.17. The predicted molar refractivity (Wildman–Crippen MR) is 89.2 cm³/mol. The van der Waals surface area contributed by atoms with Gasteiger partial charge in [-0.25, -0.2) is 4.39 Å². The fourth-order valence-corrected chi connectivity index (χ4v) is 4.09. The lowest BCUT2D eigenvalue weighted by atomic mass is 9.82. The maximum absolute atomic E-state index is 14.7. The van der Waals surface area contributed by atoms with Gasteiger partial charge in [0.2, 0.25) is 0 Å². The number of halogens is 2. The van der Waals surface area contributed by atoms with E-state index in [1.165, 1.54) is 6.07 Å². The van der Waals surface area contributed by atoms with E-state index in [1.807, 2.05) is 6.07 Å². The standard InChI is InChI=1S/C19H20ClFO/c1-18(2)10-19(3,4)15-9-16(21)12(8-14(15)18)13-7-11(20)5-6-17(13)22/h5-9,22H,10H2,1-4H3. The first kappa shape index (κ1) is 15.4. The van der Waals surface area contributed by atoms with Crippen LogP contribution in [0.3, 0.4) is 0 Å². The van der Waals surface area contributed by atoms with E-state index in [9.17, 15) is 9.50 Å². The Morgan fingerprint density at radius 2 is 1.55 bits per heavy atom. The number of fused-ring (bicyclic) bond motifs is 1. The molecule has 3 heteroatoms. The van der Waals surface area contributed by atoms with Gasteiger partial charge in [0, 0.05) is 16.1 Å². The van der Waals surface area contributed by atoms with Crippen LogP contribution in [0.15, 0.2) is 30.3 Å². The number of rotatable bonds is 1. The molecule has 0 atom stereocenters. The van der Waals surface area contributed by atoms with E-state index in [4.69, 9.17) is 11.6 Å². The molecule has 0 radical (unpaired) electrons. The van der Waals surface area contributed by atoms with Crippen molar-refractivity contribution in [1.29, 1.82) is 0 Å². The lowest BCUT2D eigenvalue weighted by Gasteiger charge is -2.22. The summed E-state index contributed by atoms with van der Waals surface area (Å²) in [6, 6.07) is 8.21. The van der Waals surface area contributed by atoms with Crippen LogP contribution in [0.2, 0.25) is 5.02 Å². The highest BCUT2D eigenvalue weighted by molar-refractivity contribution is 6.31. The van der Waals surface area contributed by atoms with Crippen molar-refractivity contribution in [2.45, 2.75) is 44.9 Å². The Morgan fingerprint density at radius 3 is 2.18 bits per heavy atom. The molecular formula is C19H20ClFO. The molecule has 22 heavy (non-hydrogen) atoms. The van der Waals surface area contributed by atoms with Gasteiger partial charge in [-0.3, -0.25) is 0 Å². The van der Waals surface area contributed by atoms with Crippen LogP contribution in [-0.2, 0) is 10.8 Å². The molecule has 1 nitrogen and oxygen atoms in total. The Morgan fingerprint density at radius 1 is 0.955 bits per heavy atom. The molecule has 0 heterocycles. The van der Waals surface area contributed by atoms with E-state index in [2.05, 4.69) is 27.7 Å². The molecule has 2 aromatic carbocycles.